The van der Waals surface area contributed by atoms with Gasteiger partial charge in [-0.25, -0.2) is 13.2 Å². The Labute approximate surface area is 45.7 Å². The number of halogens is 3. The van der Waals surface area contributed by atoms with E-state index in [9.17, 15) is 13.2 Å². The summed E-state index contributed by atoms with van der Waals surface area (Å²) in [5, 5.41) is 0. The van der Waals surface area contributed by atoms with Gasteiger partial charge in [-0.15, -0.1) is 0 Å². The molecule has 0 aromatic rings. The van der Waals surface area contributed by atoms with Gasteiger partial charge in [0, 0.05) is 0 Å². The van der Waals surface area contributed by atoms with Crippen LogP contribution >= 0.6 is 0 Å². The van der Waals surface area contributed by atoms with Crippen molar-refractivity contribution in [3.05, 3.63) is 0 Å². The van der Waals surface area contributed by atoms with Crippen molar-refractivity contribution in [2.24, 2.45) is 5.92 Å². The Morgan fingerprint density at radius 1 is 1.50 bits per heavy atom. The molecule has 0 aliphatic heterocycles. The van der Waals surface area contributed by atoms with Gasteiger partial charge in [-0.3, -0.25) is 0 Å². The third-order valence-electron chi connectivity index (χ3n) is 1.55. The van der Waals surface area contributed by atoms with Gasteiger partial charge in [0.15, 0.2) is 6.17 Å². The average molecular weight is 124 g/mol. The van der Waals surface area contributed by atoms with Crippen LogP contribution in [-0.4, -0.2) is 12.1 Å². The van der Waals surface area contributed by atoms with Crippen LogP contribution in [-0.2, 0) is 0 Å². The first-order valence-electron chi connectivity index (χ1n) is 2.62. The molecule has 0 spiro atoms. The molecule has 1 aliphatic carbocycles. The Morgan fingerprint density at radius 2 is 1.88 bits per heavy atom. The molecule has 0 N–H and O–H groups in total. The smallest absolute Gasteiger partial charge is 0.240 e. The third-order valence-corrected chi connectivity index (χ3v) is 1.55. The molecule has 0 nitrogen and oxygen atoms in total. The second kappa shape index (κ2) is 1.39. The zero-order valence-electron chi connectivity index (χ0n) is 4.50. The first kappa shape index (κ1) is 5.92. The standard InChI is InChI=1S/C5H7F3/c1-2-3-4(6)5(3,7)8/h3-4H,2H2,1H3. The Kier molecular flexibility index (Phi) is 1.03. The molecule has 1 fully saturated rings. The van der Waals surface area contributed by atoms with Gasteiger partial charge in [0.2, 0.25) is 0 Å². The third kappa shape index (κ3) is 0.533. The van der Waals surface area contributed by atoms with Gasteiger partial charge in [0.25, 0.3) is 5.92 Å². The van der Waals surface area contributed by atoms with E-state index in [1.165, 1.54) is 0 Å². The predicted molar refractivity (Wildman–Crippen MR) is 23.6 cm³/mol. The Morgan fingerprint density at radius 3 is 1.88 bits per heavy atom. The molecule has 0 aromatic heterocycles. The zero-order valence-corrected chi connectivity index (χ0v) is 4.50. The molecule has 2 unspecified atom stereocenters. The predicted octanol–water partition coefficient (Wildman–Crippen LogP) is 2.00. The maximum absolute atomic E-state index is 11.8. The summed E-state index contributed by atoms with van der Waals surface area (Å²) >= 11 is 0. The molecule has 1 rings (SSSR count). The van der Waals surface area contributed by atoms with E-state index in [1.54, 1.807) is 6.92 Å². The maximum Gasteiger partial charge on any atom is 0.284 e. The Hall–Kier alpha value is -0.210. The van der Waals surface area contributed by atoms with Gasteiger partial charge in [-0.1, -0.05) is 6.92 Å². The quantitative estimate of drug-likeness (QED) is 0.501. The lowest BCUT2D eigenvalue weighted by molar-refractivity contribution is 0.0751. The average Bonchev–Trinajstić information content (AvgIpc) is 2.09. The van der Waals surface area contributed by atoms with Crippen molar-refractivity contribution < 1.29 is 13.2 Å². The van der Waals surface area contributed by atoms with Crippen molar-refractivity contribution in [2.45, 2.75) is 25.4 Å². The fourth-order valence-corrected chi connectivity index (χ4v) is 0.828. The van der Waals surface area contributed by atoms with E-state index in [0.717, 1.165) is 0 Å². The van der Waals surface area contributed by atoms with Gasteiger partial charge in [-0.2, -0.15) is 0 Å². The summed E-state index contributed by atoms with van der Waals surface area (Å²) < 4.78 is 35.4. The van der Waals surface area contributed by atoms with E-state index >= 15 is 0 Å². The topological polar surface area (TPSA) is 0 Å². The summed E-state index contributed by atoms with van der Waals surface area (Å²) in [7, 11) is 0. The number of rotatable bonds is 1. The summed E-state index contributed by atoms with van der Waals surface area (Å²) in [6.07, 6.45) is -1.61. The molecule has 0 aromatic carbocycles. The lowest BCUT2D eigenvalue weighted by Gasteiger charge is -1.85. The first-order chi connectivity index (χ1) is 3.60. The minimum absolute atomic E-state index is 0.244. The second-order valence-electron chi connectivity index (χ2n) is 2.09. The van der Waals surface area contributed by atoms with Crippen LogP contribution in [0, 0.1) is 5.92 Å². The molecule has 0 heterocycles. The minimum Gasteiger partial charge on any atom is -0.240 e. The monoisotopic (exact) mass is 124 g/mol. The van der Waals surface area contributed by atoms with E-state index in [1.807, 2.05) is 0 Å². The van der Waals surface area contributed by atoms with E-state index in [0.29, 0.717) is 0 Å². The molecular formula is C5H7F3. The number of alkyl halides is 3. The molecule has 8 heavy (non-hydrogen) atoms. The number of hydrogen-bond donors (Lipinski definition) is 0. The largest absolute Gasteiger partial charge is 0.284 e. The van der Waals surface area contributed by atoms with Gasteiger partial charge in [0.05, 0.1) is 5.92 Å². The Bertz CT molecular complexity index is 99.8. The summed E-state index contributed by atoms with van der Waals surface area (Å²) in [6, 6.07) is 0. The SMILES string of the molecule is CCC1C(F)C1(F)F. The van der Waals surface area contributed by atoms with Crippen LogP contribution in [0.3, 0.4) is 0 Å². The van der Waals surface area contributed by atoms with Crippen molar-refractivity contribution in [2.75, 3.05) is 0 Å². The molecule has 1 saturated carbocycles. The molecule has 48 valence electrons. The highest BCUT2D eigenvalue weighted by Crippen LogP contribution is 2.53. The summed E-state index contributed by atoms with van der Waals surface area (Å²) in [4.78, 5) is 0. The van der Waals surface area contributed by atoms with Crippen LogP contribution in [0.2, 0.25) is 0 Å². The lowest BCUT2D eigenvalue weighted by atomic mass is 10.3. The van der Waals surface area contributed by atoms with E-state index in [4.69, 9.17) is 0 Å². The highest BCUT2D eigenvalue weighted by molar-refractivity contribution is 5.05. The van der Waals surface area contributed by atoms with Crippen molar-refractivity contribution in [3.8, 4) is 0 Å². The second-order valence-corrected chi connectivity index (χ2v) is 2.09. The summed E-state index contributed by atoms with van der Waals surface area (Å²) in [6.45, 7) is 1.57. The fourth-order valence-electron chi connectivity index (χ4n) is 0.828. The summed E-state index contributed by atoms with van der Waals surface area (Å²) in [5.41, 5.74) is 0. The van der Waals surface area contributed by atoms with Crippen LogP contribution < -0.4 is 0 Å². The molecular weight excluding hydrogens is 117 g/mol. The van der Waals surface area contributed by atoms with Gasteiger partial charge < -0.3 is 0 Å². The van der Waals surface area contributed by atoms with Crippen LogP contribution in [0.1, 0.15) is 13.3 Å². The lowest BCUT2D eigenvalue weighted by Crippen LogP contribution is -1.93. The summed E-state index contributed by atoms with van der Waals surface area (Å²) in [5.74, 6) is -3.98. The van der Waals surface area contributed by atoms with E-state index in [-0.39, 0.29) is 6.42 Å². The minimum atomic E-state index is -2.99. The van der Waals surface area contributed by atoms with Crippen LogP contribution in [0.4, 0.5) is 13.2 Å². The van der Waals surface area contributed by atoms with Crippen LogP contribution in [0.25, 0.3) is 0 Å². The van der Waals surface area contributed by atoms with Gasteiger partial charge in [0.1, 0.15) is 0 Å². The molecule has 0 amide bonds. The van der Waals surface area contributed by atoms with Crippen molar-refractivity contribution in [1.82, 2.24) is 0 Å². The van der Waals surface area contributed by atoms with E-state index in [2.05, 4.69) is 0 Å². The van der Waals surface area contributed by atoms with E-state index < -0.39 is 18.0 Å². The van der Waals surface area contributed by atoms with Gasteiger partial charge >= 0.3 is 0 Å². The van der Waals surface area contributed by atoms with Crippen LogP contribution in [0.15, 0.2) is 0 Å². The normalized spacial score (nSPS) is 42.0. The van der Waals surface area contributed by atoms with Crippen molar-refractivity contribution in [1.29, 1.82) is 0 Å². The van der Waals surface area contributed by atoms with Gasteiger partial charge in [-0.05, 0) is 6.42 Å². The first-order valence-corrected chi connectivity index (χ1v) is 2.62. The Balaban J connectivity index is 2.45. The molecule has 3 heteroatoms. The molecule has 1 aliphatic rings. The fraction of sp³-hybridized carbons (Fsp3) is 1.00. The molecule has 0 bridgehead atoms. The van der Waals surface area contributed by atoms with Crippen molar-refractivity contribution >= 4 is 0 Å². The highest BCUT2D eigenvalue weighted by atomic mass is 19.3. The molecule has 0 saturated heterocycles. The zero-order chi connectivity index (χ0) is 6.36. The number of hydrogen-bond acceptors (Lipinski definition) is 0. The van der Waals surface area contributed by atoms with Crippen molar-refractivity contribution in [3.63, 3.8) is 0 Å². The maximum atomic E-state index is 11.8. The highest BCUT2D eigenvalue weighted by Gasteiger charge is 2.68. The molecule has 0 radical (unpaired) electrons. The molecule has 2 atom stereocenters. The van der Waals surface area contributed by atoms with Crippen LogP contribution in [0.5, 0.6) is 0 Å².